The van der Waals surface area contributed by atoms with E-state index in [0.717, 1.165) is 0 Å². The van der Waals surface area contributed by atoms with Crippen molar-refractivity contribution in [2.45, 2.75) is 73.8 Å². The molecule has 33 heavy (non-hydrogen) atoms. The highest BCUT2D eigenvalue weighted by atomic mass is 32.2. The van der Waals surface area contributed by atoms with Crippen LogP contribution in [0.2, 0.25) is 0 Å². The molecule has 0 aromatic carbocycles. The molecule has 10 heteroatoms. The molecule has 0 amide bonds. The summed E-state index contributed by atoms with van der Waals surface area (Å²) in [4.78, 5) is 47.7. The zero-order valence-electron chi connectivity index (χ0n) is 20.9. The molecule has 0 aliphatic rings. The number of ether oxygens (including phenoxy) is 4. The summed E-state index contributed by atoms with van der Waals surface area (Å²) in [7, 11) is 0. The molecule has 3 atom stereocenters. The molecule has 0 spiro atoms. The fraction of sp³-hybridized carbons (Fsp3) is 0.826. The minimum absolute atomic E-state index is 0.0204. The van der Waals surface area contributed by atoms with Crippen LogP contribution in [0.3, 0.4) is 0 Å². The molecule has 0 heterocycles. The minimum atomic E-state index is -1.23. The Kier molecular flexibility index (Phi) is 14.3. The SMILES string of the molecule is CCCOC(=O)C(C)(CC)CC(C)(C)C(=O)OCC(O)COC(=O)OCSCC(C)C(C)=O. The average Bonchev–Trinajstić information content (AvgIpc) is 2.76. The fourth-order valence-electron chi connectivity index (χ4n) is 2.81. The average molecular weight is 493 g/mol. The van der Waals surface area contributed by atoms with Gasteiger partial charge in [0.25, 0.3) is 0 Å². The quantitative estimate of drug-likeness (QED) is 0.147. The Bertz CT molecular complexity index is 650. The van der Waals surface area contributed by atoms with Crippen LogP contribution in [0.25, 0.3) is 0 Å². The lowest BCUT2D eigenvalue weighted by atomic mass is 9.72. The maximum atomic E-state index is 12.6. The van der Waals surface area contributed by atoms with Crippen LogP contribution >= 0.6 is 11.8 Å². The molecule has 1 N–H and O–H groups in total. The molecular weight excluding hydrogens is 452 g/mol. The Labute approximate surface area is 201 Å². The highest BCUT2D eigenvalue weighted by molar-refractivity contribution is 7.99. The van der Waals surface area contributed by atoms with Crippen molar-refractivity contribution in [2.75, 3.05) is 31.5 Å². The van der Waals surface area contributed by atoms with Crippen molar-refractivity contribution in [2.24, 2.45) is 16.7 Å². The lowest BCUT2D eigenvalue weighted by Gasteiger charge is -2.33. The highest BCUT2D eigenvalue weighted by Gasteiger charge is 2.43. The second kappa shape index (κ2) is 15.2. The minimum Gasteiger partial charge on any atom is -0.465 e. The van der Waals surface area contributed by atoms with Gasteiger partial charge < -0.3 is 24.1 Å². The van der Waals surface area contributed by atoms with Gasteiger partial charge >= 0.3 is 18.1 Å². The van der Waals surface area contributed by atoms with E-state index in [1.807, 2.05) is 13.8 Å². The number of rotatable bonds is 16. The third kappa shape index (κ3) is 12.3. The molecule has 0 saturated heterocycles. The van der Waals surface area contributed by atoms with E-state index in [0.29, 0.717) is 25.2 Å². The molecular formula is C23H40O9S. The van der Waals surface area contributed by atoms with E-state index >= 15 is 0 Å². The molecule has 192 valence electrons. The van der Waals surface area contributed by atoms with Gasteiger partial charge in [-0.2, -0.15) is 0 Å². The first-order valence-corrected chi connectivity index (χ1v) is 12.3. The van der Waals surface area contributed by atoms with Crippen LogP contribution in [0.1, 0.15) is 67.7 Å². The lowest BCUT2D eigenvalue weighted by molar-refractivity contribution is -0.165. The maximum absolute atomic E-state index is 12.6. The first kappa shape index (κ1) is 31.2. The van der Waals surface area contributed by atoms with Crippen molar-refractivity contribution >= 4 is 35.6 Å². The monoisotopic (exact) mass is 492 g/mol. The molecule has 0 bridgehead atoms. The third-order valence-electron chi connectivity index (χ3n) is 5.22. The fourth-order valence-corrected chi connectivity index (χ4v) is 3.68. The number of carbonyl (C=O) groups excluding carboxylic acids is 4. The summed E-state index contributed by atoms with van der Waals surface area (Å²) < 4.78 is 20.1. The highest BCUT2D eigenvalue weighted by Crippen LogP contribution is 2.38. The largest absolute Gasteiger partial charge is 0.509 e. The molecule has 0 saturated carbocycles. The second-order valence-corrected chi connectivity index (χ2v) is 10.0. The standard InChI is InChI=1S/C23H40O9S/c1-8-10-29-20(27)23(7,9-2)14-22(5,6)19(26)30-11-18(25)12-31-21(28)32-15-33-13-16(3)17(4)24/h16,18,25H,8-15H2,1-7H3. The van der Waals surface area contributed by atoms with Crippen LogP contribution in [0, 0.1) is 16.7 Å². The number of aliphatic hydroxyl groups excluding tert-OH is 1. The van der Waals surface area contributed by atoms with Crippen molar-refractivity contribution in [1.29, 1.82) is 0 Å². The zero-order chi connectivity index (χ0) is 25.7. The Morgan fingerprint density at radius 3 is 2.09 bits per heavy atom. The van der Waals surface area contributed by atoms with Gasteiger partial charge in [0.15, 0.2) is 0 Å². The molecule has 0 fully saturated rings. The van der Waals surface area contributed by atoms with Gasteiger partial charge in [-0.1, -0.05) is 20.8 Å². The number of aliphatic hydroxyl groups is 1. The molecule has 0 aromatic heterocycles. The number of thioether (sulfide) groups is 1. The summed E-state index contributed by atoms with van der Waals surface area (Å²) in [5.41, 5.74) is -1.84. The van der Waals surface area contributed by atoms with Gasteiger partial charge in [-0.05, 0) is 47.0 Å². The molecule has 0 aliphatic heterocycles. The third-order valence-corrected chi connectivity index (χ3v) is 6.24. The van der Waals surface area contributed by atoms with Gasteiger partial charge in [-0.25, -0.2) is 4.79 Å². The summed E-state index contributed by atoms with van der Waals surface area (Å²) in [6, 6.07) is 0. The smallest absolute Gasteiger partial charge is 0.465 e. The molecule has 0 aliphatic carbocycles. The lowest BCUT2D eigenvalue weighted by Crippen LogP contribution is -2.39. The van der Waals surface area contributed by atoms with Gasteiger partial charge in [0.1, 0.15) is 31.0 Å². The van der Waals surface area contributed by atoms with Crippen LogP contribution < -0.4 is 0 Å². The second-order valence-electron chi connectivity index (χ2n) is 9.07. The van der Waals surface area contributed by atoms with E-state index in [1.54, 1.807) is 27.7 Å². The van der Waals surface area contributed by atoms with E-state index in [4.69, 9.17) is 18.9 Å². The van der Waals surface area contributed by atoms with Gasteiger partial charge in [0, 0.05) is 11.7 Å². The summed E-state index contributed by atoms with van der Waals surface area (Å²) >= 11 is 1.27. The van der Waals surface area contributed by atoms with Crippen LogP contribution in [0.15, 0.2) is 0 Å². The van der Waals surface area contributed by atoms with E-state index in [-0.39, 0.29) is 36.6 Å². The summed E-state index contributed by atoms with van der Waals surface area (Å²) in [5, 5.41) is 9.96. The van der Waals surface area contributed by atoms with Gasteiger partial charge in [0.05, 0.1) is 17.4 Å². The molecule has 0 aromatic rings. The topological polar surface area (TPSA) is 125 Å². The van der Waals surface area contributed by atoms with Crippen molar-refractivity contribution < 1.29 is 43.2 Å². The number of hydrogen-bond donors (Lipinski definition) is 1. The molecule has 0 radical (unpaired) electrons. The molecule has 9 nitrogen and oxygen atoms in total. The van der Waals surface area contributed by atoms with Gasteiger partial charge in [-0.15, -0.1) is 11.8 Å². The number of esters is 2. The number of hydrogen-bond acceptors (Lipinski definition) is 10. The maximum Gasteiger partial charge on any atom is 0.509 e. The van der Waals surface area contributed by atoms with Crippen molar-refractivity contribution in [1.82, 2.24) is 0 Å². The summed E-state index contributed by atoms with van der Waals surface area (Å²) in [5.74, 6) is -0.470. The summed E-state index contributed by atoms with van der Waals surface area (Å²) in [6.07, 6.45) is -0.765. The van der Waals surface area contributed by atoms with Crippen molar-refractivity contribution in [3.05, 3.63) is 0 Å². The zero-order valence-corrected chi connectivity index (χ0v) is 21.7. The van der Waals surface area contributed by atoms with E-state index in [9.17, 15) is 24.3 Å². The summed E-state index contributed by atoms with van der Waals surface area (Å²) in [6.45, 7) is 11.7. The first-order valence-electron chi connectivity index (χ1n) is 11.2. The van der Waals surface area contributed by atoms with Crippen molar-refractivity contribution in [3.8, 4) is 0 Å². The van der Waals surface area contributed by atoms with E-state index < -0.39 is 35.7 Å². The predicted molar refractivity (Wildman–Crippen MR) is 125 cm³/mol. The first-order chi connectivity index (χ1) is 15.3. The van der Waals surface area contributed by atoms with E-state index in [1.165, 1.54) is 18.7 Å². The molecule has 0 rings (SSSR count). The Balaban J connectivity index is 4.42. The van der Waals surface area contributed by atoms with Gasteiger partial charge in [0.2, 0.25) is 0 Å². The van der Waals surface area contributed by atoms with E-state index in [2.05, 4.69) is 0 Å². The van der Waals surface area contributed by atoms with Crippen LogP contribution in [0.4, 0.5) is 4.79 Å². The normalized spacial score (nSPS) is 15.0. The van der Waals surface area contributed by atoms with Crippen molar-refractivity contribution in [3.63, 3.8) is 0 Å². The molecule has 3 unspecified atom stereocenters. The number of ketones is 1. The van der Waals surface area contributed by atoms with Crippen LogP contribution in [-0.2, 0) is 33.3 Å². The van der Waals surface area contributed by atoms with Gasteiger partial charge in [-0.3, -0.25) is 14.4 Å². The Morgan fingerprint density at radius 1 is 0.939 bits per heavy atom. The van der Waals surface area contributed by atoms with Crippen LogP contribution in [-0.4, -0.2) is 66.6 Å². The number of carbonyl (C=O) groups is 4. The Hall–Kier alpha value is -1.81. The predicted octanol–water partition coefficient (Wildman–Crippen LogP) is 3.75. The Morgan fingerprint density at radius 2 is 1.55 bits per heavy atom. The van der Waals surface area contributed by atoms with Crippen LogP contribution in [0.5, 0.6) is 0 Å². The number of Topliss-reactive ketones (excluding diaryl/α,β-unsaturated/α-hetero) is 1.